The maximum Gasteiger partial charge on any atom is 0.328 e. The lowest BCUT2D eigenvalue weighted by atomic mass is 10.1. The molecule has 0 bridgehead atoms. The summed E-state index contributed by atoms with van der Waals surface area (Å²) in [6, 6.07) is 2.97. The molecule has 0 radical (unpaired) electrons. The van der Waals surface area contributed by atoms with E-state index in [4.69, 9.17) is 12.2 Å². The van der Waals surface area contributed by atoms with Gasteiger partial charge in [-0.3, -0.25) is 9.80 Å². The Balaban J connectivity index is 1.90. The summed E-state index contributed by atoms with van der Waals surface area (Å²) >= 11 is 7.51. The number of hydrogen-bond acceptors (Lipinski definition) is 7. The molecule has 0 unspecified atom stereocenters. The number of nitrogens with zero attached hydrogens (tertiary/aromatic N) is 2. The largest absolute Gasteiger partial charge is 0.480 e. The highest BCUT2D eigenvalue weighted by atomic mass is 32.2. The van der Waals surface area contributed by atoms with Crippen LogP contribution in [0.5, 0.6) is 0 Å². The quantitative estimate of drug-likeness (QED) is 0.643. The van der Waals surface area contributed by atoms with Crippen LogP contribution in [0.25, 0.3) is 0 Å². The molecule has 0 spiro atoms. The van der Waals surface area contributed by atoms with Crippen molar-refractivity contribution >= 4 is 57.2 Å². The third-order valence-electron chi connectivity index (χ3n) is 2.92. The van der Waals surface area contributed by atoms with Gasteiger partial charge in [-0.1, -0.05) is 30.0 Å². The van der Waals surface area contributed by atoms with Crippen molar-refractivity contribution in [3.63, 3.8) is 0 Å². The number of hydrazone groups is 1. The van der Waals surface area contributed by atoms with Gasteiger partial charge in [0.15, 0.2) is 6.04 Å². The highest BCUT2D eigenvalue weighted by Gasteiger charge is 2.34. The van der Waals surface area contributed by atoms with Gasteiger partial charge >= 0.3 is 5.97 Å². The lowest BCUT2D eigenvalue weighted by Gasteiger charge is -2.15. The molecule has 1 fully saturated rings. The molecular formula is C12H9N3O3S3. The Morgan fingerprint density at radius 1 is 1.62 bits per heavy atom. The lowest BCUT2D eigenvalue weighted by molar-refractivity contribution is -0.141. The molecule has 21 heavy (non-hydrogen) atoms. The van der Waals surface area contributed by atoms with Crippen molar-refractivity contribution in [2.45, 2.75) is 12.5 Å². The van der Waals surface area contributed by atoms with E-state index in [0.717, 1.165) is 16.6 Å². The summed E-state index contributed by atoms with van der Waals surface area (Å²) in [6.45, 7) is 0. The van der Waals surface area contributed by atoms with E-state index in [1.54, 1.807) is 0 Å². The van der Waals surface area contributed by atoms with Crippen molar-refractivity contribution in [3.05, 3.63) is 33.5 Å². The first-order chi connectivity index (χ1) is 10.0. The van der Waals surface area contributed by atoms with Gasteiger partial charge in [-0.05, 0) is 11.4 Å². The number of rotatable bonds is 3. The summed E-state index contributed by atoms with van der Waals surface area (Å²) in [5.41, 5.74) is 0.709. The minimum atomic E-state index is -0.979. The summed E-state index contributed by atoms with van der Waals surface area (Å²) in [5.74, 6) is -1.30. The van der Waals surface area contributed by atoms with Crippen LogP contribution >= 0.6 is 35.3 Å². The number of carbonyl (C=O) groups is 2. The van der Waals surface area contributed by atoms with Crippen LogP contribution in [0.3, 0.4) is 0 Å². The molecule has 108 valence electrons. The second-order valence-electron chi connectivity index (χ2n) is 4.30. The van der Waals surface area contributed by atoms with Gasteiger partial charge in [-0.25, -0.2) is 4.79 Å². The van der Waals surface area contributed by atoms with Crippen LogP contribution in [0.2, 0.25) is 0 Å². The Kier molecular flexibility index (Phi) is 3.79. The first-order valence-corrected chi connectivity index (χ1v) is 8.02. The number of aliphatic carboxylic acids is 1. The SMILES string of the molecule is O=C1NC(=S)S/C1=C\N1N=C(c2cccs2)C[C@@H]1C(=O)O. The van der Waals surface area contributed by atoms with Crippen LogP contribution in [0.4, 0.5) is 0 Å². The van der Waals surface area contributed by atoms with Crippen molar-refractivity contribution in [1.82, 2.24) is 10.3 Å². The Morgan fingerprint density at radius 2 is 2.43 bits per heavy atom. The predicted octanol–water partition coefficient (Wildman–Crippen LogP) is 1.60. The summed E-state index contributed by atoms with van der Waals surface area (Å²) in [4.78, 5) is 24.3. The van der Waals surface area contributed by atoms with Gasteiger partial charge in [0.1, 0.15) is 4.32 Å². The molecule has 1 aromatic rings. The zero-order valence-corrected chi connectivity index (χ0v) is 12.9. The van der Waals surface area contributed by atoms with E-state index in [2.05, 4.69) is 10.4 Å². The molecule has 0 saturated carbocycles. The Labute approximate surface area is 133 Å². The molecule has 1 saturated heterocycles. The fraction of sp³-hybridized carbons (Fsp3) is 0.167. The van der Waals surface area contributed by atoms with Gasteiger partial charge in [0.05, 0.1) is 15.5 Å². The van der Waals surface area contributed by atoms with Crippen molar-refractivity contribution < 1.29 is 14.7 Å². The number of thioether (sulfide) groups is 1. The van der Waals surface area contributed by atoms with Gasteiger partial charge in [0.25, 0.3) is 5.91 Å². The second kappa shape index (κ2) is 5.58. The van der Waals surface area contributed by atoms with Gasteiger partial charge in [-0.15, -0.1) is 11.3 Å². The highest BCUT2D eigenvalue weighted by molar-refractivity contribution is 8.26. The third kappa shape index (κ3) is 2.85. The molecular weight excluding hydrogens is 330 g/mol. The van der Waals surface area contributed by atoms with Gasteiger partial charge in [0, 0.05) is 12.6 Å². The summed E-state index contributed by atoms with van der Waals surface area (Å²) in [7, 11) is 0. The lowest BCUT2D eigenvalue weighted by Crippen LogP contribution is -2.31. The smallest absolute Gasteiger partial charge is 0.328 e. The van der Waals surface area contributed by atoms with E-state index in [1.807, 2.05) is 17.5 Å². The molecule has 6 nitrogen and oxygen atoms in total. The van der Waals surface area contributed by atoms with Crippen molar-refractivity contribution in [1.29, 1.82) is 0 Å². The molecule has 2 N–H and O–H groups in total. The van der Waals surface area contributed by atoms with Gasteiger partial charge in [0.2, 0.25) is 0 Å². The van der Waals surface area contributed by atoms with Gasteiger partial charge in [-0.2, -0.15) is 5.10 Å². The Hall–Kier alpha value is -1.71. The van der Waals surface area contributed by atoms with Crippen molar-refractivity contribution in [2.24, 2.45) is 5.10 Å². The number of nitrogens with one attached hydrogen (secondary N) is 1. The summed E-state index contributed by atoms with van der Waals surface area (Å²) in [6.07, 6.45) is 1.75. The fourth-order valence-electron chi connectivity index (χ4n) is 1.97. The van der Waals surface area contributed by atoms with Gasteiger partial charge < -0.3 is 10.4 Å². The Bertz CT molecular complexity index is 681. The maximum atomic E-state index is 11.7. The molecule has 1 atom stereocenters. The maximum absolute atomic E-state index is 11.7. The molecule has 0 aliphatic carbocycles. The average molecular weight is 339 g/mol. The molecule has 1 aromatic heterocycles. The average Bonchev–Trinajstić information content (AvgIpc) is 3.11. The zero-order chi connectivity index (χ0) is 15.0. The number of hydrogen-bond donors (Lipinski definition) is 2. The second-order valence-corrected chi connectivity index (χ2v) is 6.97. The van der Waals surface area contributed by atoms with Crippen LogP contribution < -0.4 is 5.32 Å². The number of carboxylic acid groups (broad SMARTS) is 1. The minimum Gasteiger partial charge on any atom is -0.480 e. The molecule has 0 aromatic carbocycles. The van der Waals surface area contributed by atoms with Crippen LogP contribution in [-0.2, 0) is 9.59 Å². The van der Waals surface area contributed by atoms with E-state index < -0.39 is 12.0 Å². The standard InChI is InChI=1S/C12H9N3O3S3/c16-10-9(21-12(19)13-10)5-15-7(11(17)18)4-6(14-15)8-2-1-3-20-8/h1-3,5,7H,4H2,(H,17,18)(H,13,16,19)/b9-5-/t7-/m1/s1. The number of carboxylic acids is 1. The Morgan fingerprint density at radius 3 is 3.00 bits per heavy atom. The number of amides is 1. The molecule has 9 heteroatoms. The minimum absolute atomic E-state index is 0.302. The van der Waals surface area contributed by atoms with Crippen LogP contribution in [0.1, 0.15) is 11.3 Å². The van der Waals surface area contributed by atoms with E-state index in [1.165, 1.54) is 22.5 Å². The normalized spacial score (nSPS) is 23.6. The fourth-order valence-corrected chi connectivity index (χ4v) is 3.70. The van der Waals surface area contributed by atoms with Crippen LogP contribution in [-0.4, -0.2) is 38.1 Å². The topological polar surface area (TPSA) is 82.0 Å². The monoisotopic (exact) mass is 339 g/mol. The first-order valence-electron chi connectivity index (χ1n) is 5.92. The van der Waals surface area contributed by atoms with E-state index >= 15 is 0 Å². The predicted molar refractivity (Wildman–Crippen MR) is 85.2 cm³/mol. The summed E-state index contributed by atoms with van der Waals surface area (Å²) < 4.78 is 0.361. The molecule has 2 aliphatic heterocycles. The zero-order valence-electron chi connectivity index (χ0n) is 10.5. The van der Waals surface area contributed by atoms with E-state index in [9.17, 15) is 14.7 Å². The summed E-state index contributed by atoms with van der Waals surface area (Å²) in [5, 5.41) is 19.4. The number of carbonyl (C=O) groups excluding carboxylic acids is 1. The van der Waals surface area contributed by atoms with E-state index in [0.29, 0.717) is 21.4 Å². The van der Waals surface area contributed by atoms with E-state index in [-0.39, 0.29) is 5.91 Å². The highest BCUT2D eigenvalue weighted by Crippen LogP contribution is 2.28. The van der Waals surface area contributed by atoms with Crippen molar-refractivity contribution in [3.8, 4) is 0 Å². The first kappa shape index (κ1) is 14.2. The molecule has 3 rings (SSSR count). The third-order valence-corrected chi connectivity index (χ3v) is 4.99. The number of thiophene rings is 1. The molecule has 1 amide bonds. The van der Waals surface area contributed by atoms with Crippen LogP contribution in [0.15, 0.2) is 33.7 Å². The van der Waals surface area contributed by atoms with Crippen LogP contribution in [0, 0.1) is 0 Å². The number of thiocarbonyl (C=S) groups is 1. The van der Waals surface area contributed by atoms with Crippen molar-refractivity contribution in [2.75, 3.05) is 0 Å². The molecule has 2 aliphatic rings. The molecule has 3 heterocycles.